The van der Waals surface area contributed by atoms with Crippen LogP contribution in [0.2, 0.25) is 0 Å². The van der Waals surface area contributed by atoms with Crippen molar-refractivity contribution in [3.8, 4) is 11.5 Å². The fourth-order valence-electron chi connectivity index (χ4n) is 2.33. The van der Waals surface area contributed by atoms with Crippen molar-refractivity contribution in [2.45, 2.75) is 25.9 Å². The second-order valence-electron chi connectivity index (χ2n) is 5.49. The minimum Gasteiger partial charge on any atom is -0.504 e. The highest BCUT2D eigenvalue weighted by atomic mass is 16.5. The Bertz CT molecular complexity index is 664. The van der Waals surface area contributed by atoms with Gasteiger partial charge < -0.3 is 9.84 Å². The van der Waals surface area contributed by atoms with Gasteiger partial charge in [-0.1, -0.05) is 18.2 Å². The van der Waals surface area contributed by atoms with E-state index in [1.165, 1.54) is 0 Å². The summed E-state index contributed by atoms with van der Waals surface area (Å²) < 4.78 is 5.77. The van der Waals surface area contributed by atoms with E-state index in [0.29, 0.717) is 12.2 Å². The molecule has 0 bridgehead atoms. The molecule has 0 spiro atoms. The molecule has 0 radical (unpaired) electrons. The molecule has 0 aromatic heterocycles. The van der Waals surface area contributed by atoms with Gasteiger partial charge in [-0.15, -0.1) is 0 Å². The second kappa shape index (κ2) is 4.63. The molecule has 1 heterocycles. The zero-order chi connectivity index (χ0) is 14.2. The van der Waals surface area contributed by atoms with Crippen LogP contribution in [0.3, 0.4) is 0 Å². The first-order valence-electron chi connectivity index (χ1n) is 6.56. The van der Waals surface area contributed by atoms with E-state index >= 15 is 0 Å². The number of hydrogen-bond acceptors (Lipinski definition) is 4. The first kappa shape index (κ1) is 12.7. The van der Waals surface area contributed by atoms with Gasteiger partial charge in [-0.3, -0.25) is 0 Å². The van der Waals surface area contributed by atoms with E-state index in [-0.39, 0.29) is 11.4 Å². The summed E-state index contributed by atoms with van der Waals surface area (Å²) in [5.74, 6) is 0.684. The quantitative estimate of drug-likeness (QED) is 0.814. The summed E-state index contributed by atoms with van der Waals surface area (Å²) in [7, 11) is 0. The molecule has 0 saturated carbocycles. The van der Waals surface area contributed by atoms with Crippen molar-refractivity contribution >= 4 is 11.4 Å². The van der Waals surface area contributed by atoms with Gasteiger partial charge in [0.25, 0.3) is 0 Å². The maximum atomic E-state index is 9.88. The number of phenolic OH excluding ortho intramolecular Hbond substituents is 1. The Hall–Kier alpha value is -2.36. The lowest BCUT2D eigenvalue weighted by Gasteiger charge is -2.16. The summed E-state index contributed by atoms with van der Waals surface area (Å²) in [6.07, 6.45) is 0.708. The predicted molar refractivity (Wildman–Crippen MR) is 77.1 cm³/mol. The van der Waals surface area contributed by atoms with E-state index in [2.05, 4.69) is 10.2 Å². The second-order valence-corrected chi connectivity index (χ2v) is 5.49. The molecule has 0 atom stereocenters. The molecule has 0 amide bonds. The maximum absolute atomic E-state index is 9.88. The largest absolute Gasteiger partial charge is 0.504 e. The van der Waals surface area contributed by atoms with Gasteiger partial charge in [0.2, 0.25) is 0 Å². The van der Waals surface area contributed by atoms with Crippen LogP contribution in [0.5, 0.6) is 11.5 Å². The van der Waals surface area contributed by atoms with Crippen LogP contribution < -0.4 is 4.74 Å². The first-order valence-corrected chi connectivity index (χ1v) is 6.56. The number of benzene rings is 2. The fourth-order valence-corrected chi connectivity index (χ4v) is 2.33. The Morgan fingerprint density at radius 2 is 1.80 bits per heavy atom. The molecule has 4 heteroatoms. The third kappa shape index (κ3) is 2.37. The zero-order valence-electron chi connectivity index (χ0n) is 11.5. The van der Waals surface area contributed by atoms with E-state index in [9.17, 15) is 5.11 Å². The molecule has 4 nitrogen and oxygen atoms in total. The minimum absolute atomic E-state index is 0.157. The third-order valence-corrected chi connectivity index (χ3v) is 3.23. The molecule has 1 N–H and O–H groups in total. The minimum atomic E-state index is -0.321. The predicted octanol–water partition coefficient (Wildman–Crippen LogP) is 4.52. The highest BCUT2D eigenvalue weighted by Crippen LogP contribution is 2.46. The Morgan fingerprint density at radius 1 is 1.05 bits per heavy atom. The van der Waals surface area contributed by atoms with E-state index in [1.807, 2.05) is 44.2 Å². The maximum Gasteiger partial charge on any atom is 0.167 e. The van der Waals surface area contributed by atoms with Gasteiger partial charge in [-0.05, 0) is 38.1 Å². The smallest absolute Gasteiger partial charge is 0.167 e. The highest BCUT2D eigenvalue weighted by molar-refractivity contribution is 5.62. The van der Waals surface area contributed by atoms with E-state index in [4.69, 9.17) is 4.74 Å². The molecule has 1 aliphatic rings. The van der Waals surface area contributed by atoms with Gasteiger partial charge in [0, 0.05) is 12.0 Å². The Morgan fingerprint density at radius 3 is 2.55 bits per heavy atom. The average molecular weight is 268 g/mol. The van der Waals surface area contributed by atoms with Crippen LogP contribution >= 0.6 is 0 Å². The Balaban J connectivity index is 1.97. The van der Waals surface area contributed by atoms with Crippen molar-refractivity contribution in [1.29, 1.82) is 0 Å². The van der Waals surface area contributed by atoms with E-state index < -0.39 is 0 Å². The highest BCUT2D eigenvalue weighted by Gasteiger charge is 2.34. The van der Waals surface area contributed by atoms with Crippen molar-refractivity contribution in [1.82, 2.24) is 0 Å². The van der Waals surface area contributed by atoms with Crippen molar-refractivity contribution < 1.29 is 9.84 Å². The molecule has 102 valence electrons. The number of ether oxygens (including phenoxy) is 1. The van der Waals surface area contributed by atoms with Gasteiger partial charge in [0.05, 0.1) is 11.4 Å². The average Bonchev–Trinajstić information content (AvgIpc) is 2.76. The van der Waals surface area contributed by atoms with Crippen LogP contribution in [0.4, 0.5) is 11.4 Å². The monoisotopic (exact) mass is 268 g/mol. The number of phenols is 1. The molecule has 0 unspecified atom stereocenters. The molecule has 1 aliphatic heterocycles. The number of azo groups is 1. The number of aromatic hydroxyl groups is 1. The summed E-state index contributed by atoms with van der Waals surface area (Å²) in [6.45, 7) is 3.98. The standard InChI is InChI=1S/C16H16N2O2/c1-16(2)10-12-13(8-9-14(19)15(12)20-16)18-17-11-6-4-3-5-7-11/h3-9,19H,10H2,1-2H3/b18-17+. The number of nitrogens with zero attached hydrogens (tertiary/aromatic N) is 2. The van der Waals surface area contributed by atoms with Gasteiger partial charge in [-0.25, -0.2) is 0 Å². The van der Waals surface area contributed by atoms with Crippen LogP contribution in [-0.4, -0.2) is 10.7 Å². The molecule has 2 aromatic rings. The first-order chi connectivity index (χ1) is 9.55. The summed E-state index contributed by atoms with van der Waals surface area (Å²) in [5.41, 5.74) is 2.13. The van der Waals surface area contributed by atoms with Crippen molar-refractivity contribution in [3.63, 3.8) is 0 Å². The number of fused-ring (bicyclic) bond motifs is 1. The normalized spacial score (nSPS) is 16.1. The van der Waals surface area contributed by atoms with Crippen LogP contribution in [0.15, 0.2) is 52.7 Å². The Kier molecular flexibility index (Phi) is 2.93. The van der Waals surface area contributed by atoms with E-state index in [1.54, 1.807) is 12.1 Å². The molecule has 2 aromatic carbocycles. The fraction of sp³-hybridized carbons (Fsp3) is 0.250. The molecule has 20 heavy (non-hydrogen) atoms. The lowest BCUT2D eigenvalue weighted by atomic mass is 10.0. The van der Waals surface area contributed by atoms with Crippen LogP contribution in [0, 0.1) is 0 Å². The summed E-state index contributed by atoms with van der Waals surface area (Å²) >= 11 is 0. The summed E-state index contributed by atoms with van der Waals surface area (Å²) in [5, 5.41) is 18.4. The Labute approximate surface area is 117 Å². The third-order valence-electron chi connectivity index (χ3n) is 3.23. The van der Waals surface area contributed by atoms with Crippen molar-refractivity contribution in [2.75, 3.05) is 0 Å². The molecule has 3 rings (SSSR count). The summed E-state index contributed by atoms with van der Waals surface area (Å²) in [6, 6.07) is 12.9. The van der Waals surface area contributed by atoms with Gasteiger partial charge in [0.15, 0.2) is 11.5 Å². The molecule has 0 fully saturated rings. The zero-order valence-corrected chi connectivity index (χ0v) is 11.5. The van der Waals surface area contributed by atoms with Crippen LogP contribution in [0.25, 0.3) is 0 Å². The van der Waals surface area contributed by atoms with Gasteiger partial charge in [0.1, 0.15) is 5.60 Å². The number of rotatable bonds is 2. The lowest BCUT2D eigenvalue weighted by molar-refractivity contribution is 0.134. The lowest BCUT2D eigenvalue weighted by Crippen LogP contribution is -2.24. The van der Waals surface area contributed by atoms with Gasteiger partial charge >= 0.3 is 0 Å². The molecular formula is C16H16N2O2. The van der Waals surface area contributed by atoms with Crippen molar-refractivity contribution in [2.24, 2.45) is 10.2 Å². The summed E-state index contributed by atoms with van der Waals surface area (Å²) in [4.78, 5) is 0. The van der Waals surface area contributed by atoms with Crippen LogP contribution in [0.1, 0.15) is 19.4 Å². The molecular weight excluding hydrogens is 252 g/mol. The SMILES string of the molecule is CC1(C)Cc2c(/N=N/c3ccccc3)ccc(O)c2O1. The number of hydrogen-bond donors (Lipinski definition) is 1. The van der Waals surface area contributed by atoms with Crippen molar-refractivity contribution in [3.05, 3.63) is 48.0 Å². The molecule has 0 aliphatic carbocycles. The topological polar surface area (TPSA) is 54.2 Å². The van der Waals surface area contributed by atoms with Crippen LogP contribution in [-0.2, 0) is 6.42 Å². The molecule has 0 saturated heterocycles. The van der Waals surface area contributed by atoms with Gasteiger partial charge in [-0.2, -0.15) is 10.2 Å². The van der Waals surface area contributed by atoms with E-state index in [0.717, 1.165) is 16.9 Å².